The second kappa shape index (κ2) is 6.61. The number of benzene rings is 1. The number of anilines is 1. The Hall–Kier alpha value is -2.19. The molecular formula is C17H16N2O4S2. The molecule has 0 aromatic heterocycles. The highest BCUT2D eigenvalue weighted by atomic mass is 32.2. The van der Waals surface area contributed by atoms with E-state index in [9.17, 15) is 19.5 Å². The van der Waals surface area contributed by atoms with Gasteiger partial charge in [0.05, 0.1) is 16.2 Å². The summed E-state index contributed by atoms with van der Waals surface area (Å²) in [6, 6.07) is 6.18. The van der Waals surface area contributed by atoms with E-state index < -0.39 is 17.9 Å². The number of rotatable bonds is 4. The van der Waals surface area contributed by atoms with Crippen LogP contribution in [0.1, 0.15) is 25.3 Å². The number of fused-ring (bicyclic) bond motifs is 1. The molecule has 8 heteroatoms. The number of carboxylic acid groups (broad SMARTS) is 1. The topological polar surface area (TPSA) is 77.9 Å². The van der Waals surface area contributed by atoms with Gasteiger partial charge < -0.3 is 10.0 Å². The molecule has 2 aliphatic heterocycles. The lowest BCUT2D eigenvalue weighted by atomic mass is 10.1. The summed E-state index contributed by atoms with van der Waals surface area (Å²) in [6.45, 7) is 1.84. The van der Waals surface area contributed by atoms with Crippen LogP contribution in [0.2, 0.25) is 0 Å². The molecule has 0 unspecified atom stereocenters. The van der Waals surface area contributed by atoms with Crippen LogP contribution < -0.4 is 4.90 Å². The van der Waals surface area contributed by atoms with Crippen LogP contribution >= 0.6 is 24.0 Å². The maximum Gasteiger partial charge on any atom is 0.326 e. The van der Waals surface area contributed by atoms with Crippen LogP contribution in [0.5, 0.6) is 0 Å². The lowest BCUT2D eigenvalue weighted by Gasteiger charge is -2.22. The minimum absolute atomic E-state index is 0.174. The summed E-state index contributed by atoms with van der Waals surface area (Å²) in [5.41, 5.74) is 1.67. The third-order valence-electron chi connectivity index (χ3n) is 4.24. The minimum atomic E-state index is -1.10. The quantitative estimate of drug-likeness (QED) is 0.643. The molecule has 0 spiro atoms. The van der Waals surface area contributed by atoms with Crippen LogP contribution in [-0.2, 0) is 14.4 Å². The monoisotopic (exact) mass is 376 g/mol. The Kier molecular flexibility index (Phi) is 4.66. The summed E-state index contributed by atoms with van der Waals surface area (Å²) < 4.78 is 0.174. The number of para-hydroxylation sites is 1. The minimum Gasteiger partial charge on any atom is -0.480 e. The Labute approximate surface area is 154 Å². The van der Waals surface area contributed by atoms with Crippen molar-refractivity contribution < 1.29 is 19.5 Å². The Bertz CT molecular complexity index is 834. The third kappa shape index (κ3) is 2.75. The number of likely N-dealkylation sites (N-methyl/N-ethyl adjacent to an activating group) is 1. The Morgan fingerprint density at radius 3 is 2.60 bits per heavy atom. The molecule has 1 saturated heterocycles. The van der Waals surface area contributed by atoms with Crippen molar-refractivity contribution in [3.63, 3.8) is 0 Å². The van der Waals surface area contributed by atoms with Crippen LogP contribution in [-0.4, -0.2) is 45.2 Å². The standard InChI is InChI=1S/C17H16N2O4S2/c1-3-6-11(16(22)23)19-15(21)13(25-17(19)24)12-9-7-4-5-8-10(9)18(2)14(12)20/h4-5,7-8,11H,3,6H2,1-2H3,(H,22,23)/b13-12+/t11-/m1/s1. The molecule has 0 aliphatic carbocycles. The first-order valence-corrected chi connectivity index (χ1v) is 9.00. The van der Waals surface area contributed by atoms with E-state index in [1.165, 1.54) is 4.90 Å². The fourth-order valence-electron chi connectivity index (χ4n) is 3.02. The molecule has 1 aromatic carbocycles. The maximum atomic E-state index is 12.9. The highest BCUT2D eigenvalue weighted by Crippen LogP contribution is 2.44. The van der Waals surface area contributed by atoms with Gasteiger partial charge in [-0.25, -0.2) is 4.79 Å². The van der Waals surface area contributed by atoms with E-state index in [1.54, 1.807) is 25.2 Å². The number of thiocarbonyl (C=S) groups is 1. The molecule has 2 aliphatic rings. The fourth-order valence-corrected chi connectivity index (χ4v) is 4.45. The molecule has 2 heterocycles. The molecule has 1 N–H and O–H groups in total. The second-order valence-electron chi connectivity index (χ2n) is 5.77. The van der Waals surface area contributed by atoms with E-state index in [1.807, 2.05) is 13.0 Å². The zero-order valence-electron chi connectivity index (χ0n) is 13.7. The number of thioether (sulfide) groups is 1. The average molecular weight is 376 g/mol. The normalized spacial score (nSPS) is 21.1. The van der Waals surface area contributed by atoms with Crippen molar-refractivity contribution in [3.8, 4) is 0 Å². The van der Waals surface area contributed by atoms with Crippen molar-refractivity contribution in [3.05, 3.63) is 34.7 Å². The van der Waals surface area contributed by atoms with Gasteiger partial charge in [0, 0.05) is 12.6 Å². The van der Waals surface area contributed by atoms with Crippen molar-refractivity contribution in [2.24, 2.45) is 0 Å². The van der Waals surface area contributed by atoms with Gasteiger partial charge in [0.25, 0.3) is 11.8 Å². The number of carboxylic acids is 1. The van der Waals surface area contributed by atoms with E-state index >= 15 is 0 Å². The van der Waals surface area contributed by atoms with E-state index in [2.05, 4.69) is 0 Å². The van der Waals surface area contributed by atoms with Crippen molar-refractivity contribution in [1.29, 1.82) is 0 Å². The summed E-state index contributed by atoms with van der Waals surface area (Å²) >= 11 is 6.25. The van der Waals surface area contributed by atoms with Crippen LogP contribution in [0, 0.1) is 0 Å². The molecule has 1 aromatic rings. The number of carbonyl (C=O) groups is 3. The van der Waals surface area contributed by atoms with Crippen LogP contribution in [0.4, 0.5) is 5.69 Å². The molecule has 0 bridgehead atoms. The van der Waals surface area contributed by atoms with Gasteiger partial charge in [0.15, 0.2) is 0 Å². The summed E-state index contributed by atoms with van der Waals surface area (Å²) in [5.74, 6) is -1.90. The van der Waals surface area contributed by atoms with Gasteiger partial charge in [-0.3, -0.25) is 14.5 Å². The molecule has 0 radical (unpaired) electrons. The van der Waals surface area contributed by atoms with Gasteiger partial charge in [-0.2, -0.15) is 0 Å². The Morgan fingerprint density at radius 1 is 1.28 bits per heavy atom. The largest absolute Gasteiger partial charge is 0.480 e. The first kappa shape index (κ1) is 17.6. The smallest absolute Gasteiger partial charge is 0.326 e. The summed E-state index contributed by atoms with van der Waals surface area (Å²) in [5, 5.41) is 9.45. The van der Waals surface area contributed by atoms with Gasteiger partial charge in [0.2, 0.25) is 0 Å². The molecule has 1 fully saturated rings. The Balaban J connectivity index is 2.09. The van der Waals surface area contributed by atoms with E-state index in [4.69, 9.17) is 12.2 Å². The third-order valence-corrected chi connectivity index (χ3v) is 5.64. The van der Waals surface area contributed by atoms with Gasteiger partial charge in [0.1, 0.15) is 10.4 Å². The van der Waals surface area contributed by atoms with Gasteiger partial charge in [-0.05, 0) is 12.5 Å². The van der Waals surface area contributed by atoms with Crippen molar-refractivity contribution in [1.82, 2.24) is 4.90 Å². The predicted octanol–water partition coefficient (Wildman–Crippen LogP) is 2.49. The number of carbonyl (C=O) groups excluding carboxylic acids is 2. The second-order valence-corrected chi connectivity index (χ2v) is 7.42. The van der Waals surface area contributed by atoms with Crippen molar-refractivity contribution in [2.75, 3.05) is 11.9 Å². The number of nitrogens with zero attached hydrogens (tertiary/aromatic N) is 2. The molecule has 2 amide bonds. The van der Waals surface area contributed by atoms with Gasteiger partial charge in [-0.1, -0.05) is 55.5 Å². The molecule has 0 saturated carbocycles. The van der Waals surface area contributed by atoms with E-state index in [0.29, 0.717) is 24.0 Å². The fraction of sp³-hybridized carbons (Fsp3) is 0.294. The first-order chi connectivity index (χ1) is 11.9. The SMILES string of the molecule is CCC[C@H](C(=O)O)N1C(=O)/C(=C2\C(=O)N(C)c3ccccc32)SC1=S. The summed E-state index contributed by atoms with van der Waals surface area (Å²) in [7, 11) is 1.64. The van der Waals surface area contributed by atoms with Crippen molar-refractivity contribution >= 4 is 57.3 Å². The molecule has 6 nitrogen and oxygen atoms in total. The first-order valence-electron chi connectivity index (χ1n) is 7.78. The molecular weight excluding hydrogens is 360 g/mol. The highest BCUT2D eigenvalue weighted by Gasteiger charge is 2.44. The zero-order valence-corrected chi connectivity index (χ0v) is 15.3. The number of hydrogen-bond acceptors (Lipinski definition) is 5. The summed E-state index contributed by atoms with van der Waals surface area (Å²) in [4.78, 5) is 39.9. The highest BCUT2D eigenvalue weighted by molar-refractivity contribution is 8.26. The van der Waals surface area contributed by atoms with Gasteiger partial charge in [-0.15, -0.1) is 0 Å². The Morgan fingerprint density at radius 2 is 1.96 bits per heavy atom. The number of aliphatic carboxylic acids is 1. The van der Waals surface area contributed by atoms with Crippen LogP contribution in [0.25, 0.3) is 5.57 Å². The molecule has 1 atom stereocenters. The van der Waals surface area contributed by atoms with Crippen LogP contribution in [0.3, 0.4) is 0 Å². The van der Waals surface area contributed by atoms with Gasteiger partial charge >= 0.3 is 5.97 Å². The molecule has 3 rings (SSSR count). The van der Waals surface area contributed by atoms with E-state index in [-0.39, 0.29) is 15.1 Å². The maximum absolute atomic E-state index is 12.9. The number of hydrogen-bond donors (Lipinski definition) is 1. The van der Waals surface area contributed by atoms with Crippen LogP contribution in [0.15, 0.2) is 29.2 Å². The summed E-state index contributed by atoms with van der Waals surface area (Å²) in [6.07, 6.45) is 0.902. The molecule has 25 heavy (non-hydrogen) atoms. The predicted molar refractivity (Wildman–Crippen MR) is 100 cm³/mol. The van der Waals surface area contributed by atoms with Crippen molar-refractivity contribution in [2.45, 2.75) is 25.8 Å². The van der Waals surface area contributed by atoms with E-state index in [0.717, 1.165) is 22.3 Å². The lowest BCUT2D eigenvalue weighted by Crippen LogP contribution is -2.43. The zero-order chi connectivity index (χ0) is 18.3. The number of amides is 2. The lowest BCUT2D eigenvalue weighted by molar-refractivity contribution is -0.145. The molecule has 130 valence electrons. The average Bonchev–Trinajstić information content (AvgIpc) is 3.00.